The second kappa shape index (κ2) is 9.20. The van der Waals surface area contributed by atoms with Crippen molar-refractivity contribution in [2.45, 2.75) is 4.90 Å². The summed E-state index contributed by atoms with van der Waals surface area (Å²) in [5, 5.41) is 13.8. The predicted molar refractivity (Wildman–Crippen MR) is 124 cm³/mol. The summed E-state index contributed by atoms with van der Waals surface area (Å²) in [5.41, 5.74) is 2.61. The Morgan fingerprint density at radius 3 is 2.27 bits per heavy atom. The van der Waals surface area contributed by atoms with Gasteiger partial charge < -0.3 is 0 Å². The monoisotopic (exact) mass is 478 g/mol. The first kappa shape index (κ1) is 22.1. The molecule has 7 nitrogen and oxygen atoms in total. The Morgan fingerprint density at radius 2 is 1.64 bits per heavy atom. The highest BCUT2D eigenvalue weighted by Crippen LogP contribution is 2.26. The van der Waals surface area contributed by atoms with Gasteiger partial charge in [0.05, 0.1) is 22.2 Å². The Labute approximate surface area is 193 Å². The van der Waals surface area contributed by atoms with Gasteiger partial charge in [-0.25, -0.2) is 17.8 Å². The molecule has 1 heterocycles. The molecule has 3 aromatic carbocycles. The third-order valence-electron chi connectivity index (χ3n) is 4.56. The number of carbonyl (C=O) groups is 1. The molecule has 33 heavy (non-hydrogen) atoms. The topological polar surface area (TPSA) is 112 Å². The Morgan fingerprint density at radius 1 is 0.970 bits per heavy atom. The quantitative estimate of drug-likeness (QED) is 0.410. The lowest BCUT2D eigenvalue weighted by atomic mass is 10.1. The molecular weight excluding hydrogens is 463 g/mol. The van der Waals surface area contributed by atoms with Crippen molar-refractivity contribution >= 4 is 38.1 Å². The maximum Gasteiger partial charge on any atom is 0.261 e. The van der Waals surface area contributed by atoms with Gasteiger partial charge in [0.15, 0.2) is 5.13 Å². The molecule has 0 unspecified atom stereocenters. The third kappa shape index (κ3) is 5.23. The molecule has 0 spiro atoms. The molecule has 0 aliphatic rings. The SMILES string of the molecule is N#Cc1ccc(-c2csc(NC(=O)c3ccc(NS(=O)(=O)c4ccc(F)cc4)cc3)n2)cc1. The predicted octanol–water partition coefficient (Wildman–Crippen LogP) is 4.87. The van der Waals surface area contributed by atoms with Crippen LogP contribution < -0.4 is 10.0 Å². The molecule has 4 rings (SSSR count). The molecule has 0 atom stereocenters. The molecular formula is C23H15FN4O3S2. The highest BCUT2D eigenvalue weighted by Gasteiger charge is 2.15. The largest absolute Gasteiger partial charge is 0.298 e. The number of rotatable bonds is 6. The number of halogens is 1. The van der Waals surface area contributed by atoms with Crippen LogP contribution in [0.2, 0.25) is 0 Å². The van der Waals surface area contributed by atoms with Gasteiger partial charge in [0.25, 0.3) is 15.9 Å². The van der Waals surface area contributed by atoms with E-state index < -0.39 is 21.7 Å². The van der Waals surface area contributed by atoms with Crippen LogP contribution in [0.3, 0.4) is 0 Å². The van der Waals surface area contributed by atoms with Gasteiger partial charge in [0.1, 0.15) is 5.82 Å². The van der Waals surface area contributed by atoms with E-state index in [1.165, 1.54) is 47.7 Å². The Balaban J connectivity index is 1.42. The van der Waals surface area contributed by atoms with Crippen LogP contribution in [-0.4, -0.2) is 19.3 Å². The fraction of sp³-hybridized carbons (Fsp3) is 0. The molecule has 0 bridgehead atoms. The van der Waals surface area contributed by atoms with Crippen LogP contribution in [0.1, 0.15) is 15.9 Å². The molecule has 164 valence electrons. The van der Waals surface area contributed by atoms with E-state index in [2.05, 4.69) is 21.1 Å². The smallest absolute Gasteiger partial charge is 0.261 e. The van der Waals surface area contributed by atoms with E-state index in [-0.39, 0.29) is 10.6 Å². The Kier molecular flexibility index (Phi) is 6.17. The second-order valence-electron chi connectivity index (χ2n) is 6.82. The summed E-state index contributed by atoms with van der Waals surface area (Å²) >= 11 is 1.26. The van der Waals surface area contributed by atoms with Gasteiger partial charge in [0, 0.05) is 22.2 Å². The van der Waals surface area contributed by atoms with Crippen LogP contribution in [0.5, 0.6) is 0 Å². The van der Waals surface area contributed by atoms with Gasteiger partial charge in [-0.2, -0.15) is 5.26 Å². The maximum atomic E-state index is 13.0. The molecule has 0 radical (unpaired) electrons. The van der Waals surface area contributed by atoms with Gasteiger partial charge in [-0.05, 0) is 60.7 Å². The van der Waals surface area contributed by atoms with Crippen LogP contribution >= 0.6 is 11.3 Å². The van der Waals surface area contributed by atoms with Gasteiger partial charge in [-0.3, -0.25) is 14.8 Å². The number of hydrogen-bond acceptors (Lipinski definition) is 6. The van der Waals surface area contributed by atoms with E-state index in [1.54, 1.807) is 29.6 Å². The van der Waals surface area contributed by atoms with E-state index in [1.807, 2.05) is 0 Å². The number of benzene rings is 3. The number of anilines is 2. The highest BCUT2D eigenvalue weighted by atomic mass is 32.2. The minimum absolute atomic E-state index is 0.0763. The number of aromatic nitrogens is 1. The molecule has 0 aliphatic heterocycles. The minimum Gasteiger partial charge on any atom is -0.298 e. The van der Waals surface area contributed by atoms with E-state index >= 15 is 0 Å². The molecule has 0 aliphatic carbocycles. The van der Waals surface area contributed by atoms with E-state index in [9.17, 15) is 17.6 Å². The van der Waals surface area contributed by atoms with Gasteiger partial charge in [-0.15, -0.1) is 11.3 Å². The fourth-order valence-electron chi connectivity index (χ4n) is 2.87. The van der Waals surface area contributed by atoms with Crippen molar-refractivity contribution in [2.75, 3.05) is 10.0 Å². The third-order valence-corrected chi connectivity index (χ3v) is 6.71. The highest BCUT2D eigenvalue weighted by molar-refractivity contribution is 7.92. The Bertz CT molecular complexity index is 1440. The van der Waals surface area contributed by atoms with E-state index in [4.69, 9.17) is 5.26 Å². The second-order valence-corrected chi connectivity index (χ2v) is 9.36. The van der Waals surface area contributed by atoms with Crippen molar-refractivity contribution in [3.8, 4) is 17.3 Å². The number of hydrogen-bond donors (Lipinski definition) is 2. The van der Waals surface area contributed by atoms with Gasteiger partial charge >= 0.3 is 0 Å². The number of sulfonamides is 1. The minimum atomic E-state index is -3.88. The van der Waals surface area contributed by atoms with Crippen molar-refractivity contribution in [3.05, 3.63) is 95.1 Å². The molecule has 4 aromatic rings. The summed E-state index contributed by atoms with van der Waals surface area (Å²) in [6, 6.07) is 19.3. The maximum absolute atomic E-state index is 13.0. The van der Waals surface area contributed by atoms with Crippen molar-refractivity contribution in [1.29, 1.82) is 5.26 Å². The first-order chi connectivity index (χ1) is 15.8. The first-order valence-corrected chi connectivity index (χ1v) is 11.9. The van der Waals surface area contributed by atoms with Crippen LogP contribution in [-0.2, 0) is 10.0 Å². The number of nitrogens with one attached hydrogen (secondary N) is 2. The van der Waals surface area contributed by atoms with Crippen LogP contribution in [0, 0.1) is 17.1 Å². The van der Waals surface area contributed by atoms with E-state index in [0.717, 1.165) is 17.7 Å². The van der Waals surface area contributed by atoms with Gasteiger partial charge in [0.2, 0.25) is 0 Å². The van der Waals surface area contributed by atoms with Crippen LogP contribution in [0.4, 0.5) is 15.2 Å². The molecule has 10 heteroatoms. The van der Waals surface area contributed by atoms with Crippen molar-refractivity contribution in [1.82, 2.24) is 4.98 Å². The average Bonchev–Trinajstić information content (AvgIpc) is 3.28. The normalized spacial score (nSPS) is 10.9. The molecule has 1 amide bonds. The summed E-state index contributed by atoms with van der Waals surface area (Å²) in [7, 11) is -3.88. The molecule has 2 N–H and O–H groups in total. The lowest BCUT2D eigenvalue weighted by Crippen LogP contribution is -2.14. The Hall–Kier alpha value is -4.07. The van der Waals surface area contributed by atoms with Crippen LogP contribution in [0.25, 0.3) is 11.3 Å². The summed E-state index contributed by atoms with van der Waals surface area (Å²) < 4.78 is 40.2. The summed E-state index contributed by atoms with van der Waals surface area (Å²) in [5.74, 6) is -0.933. The zero-order valence-electron chi connectivity index (χ0n) is 16.8. The van der Waals surface area contributed by atoms with Crippen LogP contribution in [0.15, 0.2) is 83.1 Å². The lowest BCUT2D eigenvalue weighted by molar-refractivity contribution is 0.102. The van der Waals surface area contributed by atoms with Crippen molar-refractivity contribution in [2.24, 2.45) is 0 Å². The number of carbonyl (C=O) groups excluding carboxylic acids is 1. The van der Waals surface area contributed by atoms with E-state index in [0.29, 0.717) is 22.0 Å². The average molecular weight is 479 g/mol. The molecule has 0 saturated carbocycles. The lowest BCUT2D eigenvalue weighted by Gasteiger charge is -2.09. The number of thiazole rings is 1. The molecule has 1 aromatic heterocycles. The van der Waals surface area contributed by atoms with Gasteiger partial charge in [-0.1, -0.05) is 12.1 Å². The zero-order valence-corrected chi connectivity index (χ0v) is 18.5. The summed E-state index contributed by atoms with van der Waals surface area (Å²) in [4.78, 5) is 16.9. The first-order valence-electron chi connectivity index (χ1n) is 9.50. The van der Waals surface area contributed by atoms with Crippen molar-refractivity contribution in [3.63, 3.8) is 0 Å². The molecule has 0 saturated heterocycles. The zero-order chi connectivity index (χ0) is 23.4. The van der Waals surface area contributed by atoms with Crippen molar-refractivity contribution < 1.29 is 17.6 Å². The summed E-state index contributed by atoms with van der Waals surface area (Å²) in [6.45, 7) is 0. The standard InChI is InChI=1S/C23H15FN4O3S2/c24-18-7-11-20(12-8-18)33(30,31)28-19-9-5-17(6-10-19)22(29)27-23-26-21(14-32-23)16-3-1-15(13-25)2-4-16/h1-12,14,28H,(H,26,27,29). The number of nitrogens with zero attached hydrogens (tertiary/aromatic N) is 2. The molecule has 0 fully saturated rings. The summed E-state index contributed by atoms with van der Waals surface area (Å²) in [6.07, 6.45) is 0. The number of amides is 1. The fourth-order valence-corrected chi connectivity index (χ4v) is 4.64. The number of nitriles is 1.